The molecule has 0 radical (unpaired) electrons. The molecule has 1 aliphatic carbocycles. The van der Waals surface area contributed by atoms with E-state index < -0.39 is 0 Å². The number of halogens is 1. The van der Waals surface area contributed by atoms with E-state index >= 15 is 0 Å². The van der Waals surface area contributed by atoms with Crippen LogP contribution in [0.4, 0.5) is 0 Å². The molecule has 0 bridgehead atoms. The number of hydrogen-bond acceptors (Lipinski definition) is 2. The Kier molecular flexibility index (Phi) is 5.10. The van der Waals surface area contributed by atoms with Crippen LogP contribution in [0.5, 0.6) is 5.75 Å². The monoisotopic (exact) mass is 241 g/mol. The summed E-state index contributed by atoms with van der Waals surface area (Å²) in [5.41, 5.74) is 7.34. The standard InChI is InChI=1S/C13H19NO.ClH/c1-15-13-8-3-2-7-12(13)10-5-4-6-11(14)9-10;/h2-3,7-8,10-11H,4-6,9,14H2,1H3;1H/t10-,11-;/m0./s1. The van der Waals surface area contributed by atoms with Crippen molar-refractivity contribution in [2.75, 3.05) is 7.11 Å². The van der Waals surface area contributed by atoms with Gasteiger partial charge in [-0.15, -0.1) is 12.4 Å². The highest BCUT2D eigenvalue weighted by Crippen LogP contribution is 2.36. The van der Waals surface area contributed by atoms with Gasteiger partial charge < -0.3 is 10.5 Å². The molecular weight excluding hydrogens is 222 g/mol. The predicted octanol–water partition coefficient (Wildman–Crippen LogP) is 3.10. The maximum atomic E-state index is 6.01. The molecule has 0 amide bonds. The Hall–Kier alpha value is -0.730. The zero-order valence-electron chi connectivity index (χ0n) is 9.69. The number of methoxy groups -OCH3 is 1. The quantitative estimate of drug-likeness (QED) is 0.864. The van der Waals surface area contributed by atoms with E-state index in [-0.39, 0.29) is 12.4 Å². The molecule has 2 rings (SSSR count). The van der Waals surface area contributed by atoms with Gasteiger partial charge in [0.2, 0.25) is 0 Å². The van der Waals surface area contributed by atoms with Crippen LogP contribution in [0.15, 0.2) is 24.3 Å². The predicted molar refractivity (Wildman–Crippen MR) is 69.4 cm³/mol. The third-order valence-corrected chi connectivity index (χ3v) is 3.29. The smallest absolute Gasteiger partial charge is 0.122 e. The van der Waals surface area contributed by atoms with Gasteiger partial charge >= 0.3 is 0 Å². The zero-order chi connectivity index (χ0) is 10.7. The molecule has 0 spiro atoms. The highest BCUT2D eigenvalue weighted by atomic mass is 35.5. The first-order valence-corrected chi connectivity index (χ1v) is 5.69. The average molecular weight is 242 g/mol. The van der Waals surface area contributed by atoms with Gasteiger partial charge in [-0.1, -0.05) is 24.6 Å². The van der Waals surface area contributed by atoms with E-state index in [9.17, 15) is 0 Å². The van der Waals surface area contributed by atoms with Gasteiger partial charge in [0.1, 0.15) is 5.75 Å². The molecule has 2 N–H and O–H groups in total. The second-order valence-corrected chi connectivity index (χ2v) is 4.37. The van der Waals surface area contributed by atoms with Crippen molar-refractivity contribution in [2.24, 2.45) is 5.73 Å². The number of benzene rings is 1. The lowest BCUT2D eigenvalue weighted by molar-refractivity contribution is 0.367. The number of nitrogens with two attached hydrogens (primary N) is 1. The van der Waals surface area contributed by atoms with Crippen molar-refractivity contribution in [2.45, 2.75) is 37.6 Å². The van der Waals surface area contributed by atoms with Crippen LogP contribution in [0.1, 0.15) is 37.2 Å². The van der Waals surface area contributed by atoms with Crippen LogP contribution in [0.2, 0.25) is 0 Å². The highest BCUT2D eigenvalue weighted by Gasteiger charge is 2.22. The number of para-hydroxylation sites is 1. The minimum absolute atomic E-state index is 0. The van der Waals surface area contributed by atoms with Crippen LogP contribution in [0.3, 0.4) is 0 Å². The van der Waals surface area contributed by atoms with Crippen molar-refractivity contribution < 1.29 is 4.74 Å². The van der Waals surface area contributed by atoms with Gasteiger partial charge in [-0.3, -0.25) is 0 Å². The molecule has 1 aromatic rings. The molecule has 90 valence electrons. The molecule has 2 atom stereocenters. The van der Waals surface area contributed by atoms with E-state index in [1.54, 1.807) is 7.11 Å². The normalized spacial score (nSPS) is 24.6. The average Bonchev–Trinajstić information content (AvgIpc) is 2.29. The molecule has 1 aromatic carbocycles. The van der Waals surface area contributed by atoms with E-state index in [0.29, 0.717) is 12.0 Å². The zero-order valence-corrected chi connectivity index (χ0v) is 10.5. The van der Waals surface area contributed by atoms with Crippen LogP contribution in [-0.4, -0.2) is 13.2 Å². The van der Waals surface area contributed by atoms with Gasteiger partial charge in [0.15, 0.2) is 0 Å². The van der Waals surface area contributed by atoms with Crippen molar-refractivity contribution in [1.29, 1.82) is 0 Å². The van der Waals surface area contributed by atoms with Crippen molar-refractivity contribution >= 4 is 12.4 Å². The van der Waals surface area contributed by atoms with Crippen LogP contribution in [-0.2, 0) is 0 Å². The Morgan fingerprint density at radius 1 is 1.25 bits per heavy atom. The molecule has 0 heterocycles. The molecule has 0 unspecified atom stereocenters. The van der Waals surface area contributed by atoms with Crippen molar-refractivity contribution in [3.63, 3.8) is 0 Å². The van der Waals surface area contributed by atoms with E-state index in [4.69, 9.17) is 10.5 Å². The number of ether oxygens (including phenoxy) is 1. The minimum atomic E-state index is 0. The fourth-order valence-corrected chi connectivity index (χ4v) is 2.51. The molecule has 1 saturated carbocycles. The van der Waals surface area contributed by atoms with Crippen LogP contribution in [0.25, 0.3) is 0 Å². The summed E-state index contributed by atoms with van der Waals surface area (Å²) < 4.78 is 5.39. The van der Waals surface area contributed by atoms with Gasteiger partial charge in [0.25, 0.3) is 0 Å². The maximum Gasteiger partial charge on any atom is 0.122 e. The number of rotatable bonds is 2. The third kappa shape index (κ3) is 2.89. The Balaban J connectivity index is 0.00000128. The summed E-state index contributed by atoms with van der Waals surface area (Å²) in [4.78, 5) is 0. The van der Waals surface area contributed by atoms with Crippen LogP contribution in [0, 0.1) is 0 Å². The van der Waals surface area contributed by atoms with Gasteiger partial charge in [-0.05, 0) is 36.8 Å². The summed E-state index contributed by atoms with van der Waals surface area (Å²) in [6.45, 7) is 0. The summed E-state index contributed by atoms with van der Waals surface area (Å²) >= 11 is 0. The van der Waals surface area contributed by atoms with E-state index in [2.05, 4.69) is 12.1 Å². The minimum Gasteiger partial charge on any atom is -0.496 e. The van der Waals surface area contributed by atoms with Crippen LogP contribution >= 0.6 is 12.4 Å². The molecule has 1 fully saturated rings. The van der Waals surface area contributed by atoms with Gasteiger partial charge in [-0.2, -0.15) is 0 Å². The lowest BCUT2D eigenvalue weighted by Crippen LogP contribution is -2.26. The van der Waals surface area contributed by atoms with Crippen LogP contribution < -0.4 is 10.5 Å². The lowest BCUT2D eigenvalue weighted by atomic mass is 9.81. The van der Waals surface area contributed by atoms with Crippen molar-refractivity contribution in [3.8, 4) is 5.75 Å². The van der Waals surface area contributed by atoms with E-state index in [1.165, 1.54) is 24.8 Å². The Morgan fingerprint density at radius 2 is 2.00 bits per heavy atom. The van der Waals surface area contributed by atoms with Gasteiger partial charge in [0, 0.05) is 6.04 Å². The van der Waals surface area contributed by atoms with Gasteiger partial charge in [-0.25, -0.2) is 0 Å². The lowest BCUT2D eigenvalue weighted by Gasteiger charge is -2.27. The summed E-state index contributed by atoms with van der Waals surface area (Å²) in [5, 5.41) is 0. The first kappa shape index (κ1) is 13.3. The van der Waals surface area contributed by atoms with E-state index in [0.717, 1.165) is 12.2 Å². The second kappa shape index (κ2) is 6.12. The Bertz CT molecular complexity index is 329. The molecule has 16 heavy (non-hydrogen) atoms. The van der Waals surface area contributed by atoms with Crippen molar-refractivity contribution in [3.05, 3.63) is 29.8 Å². The summed E-state index contributed by atoms with van der Waals surface area (Å²) in [7, 11) is 1.74. The molecule has 0 aliphatic heterocycles. The van der Waals surface area contributed by atoms with Crippen molar-refractivity contribution in [1.82, 2.24) is 0 Å². The molecule has 2 nitrogen and oxygen atoms in total. The summed E-state index contributed by atoms with van der Waals surface area (Å²) in [6.07, 6.45) is 4.75. The molecular formula is C13H20ClNO. The molecule has 0 saturated heterocycles. The molecule has 0 aromatic heterocycles. The SMILES string of the molecule is COc1ccccc1[C@H]1CCC[C@H](N)C1.Cl. The summed E-state index contributed by atoms with van der Waals surface area (Å²) in [5.74, 6) is 1.60. The number of hydrogen-bond donors (Lipinski definition) is 1. The Morgan fingerprint density at radius 3 is 2.69 bits per heavy atom. The molecule has 3 heteroatoms. The maximum absolute atomic E-state index is 6.01. The largest absolute Gasteiger partial charge is 0.496 e. The second-order valence-electron chi connectivity index (χ2n) is 4.37. The summed E-state index contributed by atoms with van der Waals surface area (Å²) in [6, 6.07) is 8.67. The fraction of sp³-hybridized carbons (Fsp3) is 0.538. The molecule has 1 aliphatic rings. The first-order chi connectivity index (χ1) is 7.31. The van der Waals surface area contributed by atoms with Gasteiger partial charge in [0.05, 0.1) is 7.11 Å². The highest BCUT2D eigenvalue weighted by molar-refractivity contribution is 5.85. The fourth-order valence-electron chi connectivity index (χ4n) is 2.51. The third-order valence-electron chi connectivity index (χ3n) is 3.29. The van der Waals surface area contributed by atoms with E-state index in [1.807, 2.05) is 12.1 Å². The topological polar surface area (TPSA) is 35.2 Å². The first-order valence-electron chi connectivity index (χ1n) is 5.69. The Labute approximate surface area is 104 Å².